The summed E-state index contributed by atoms with van der Waals surface area (Å²) in [6.45, 7) is 8.20. The van der Waals surface area contributed by atoms with Crippen molar-refractivity contribution in [2.75, 3.05) is 31.7 Å². The summed E-state index contributed by atoms with van der Waals surface area (Å²) in [6, 6.07) is 4.81. The van der Waals surface area contributed by atoms with Crippen LogP contribution in [0, 0.1) is 5.92 Å². The maximum absolute atomic E-state index is 5.23. The maximum Gasteiger partial charge on any atom is 0.128 e. The highest BCUT2D eigenvalue weighted by Gasteiger charge is 2.23. The van der Waals surface area contributed by atoms with Crippen LogP contribution in [-0.2, 0) is 11.3 Å². The van der Waals surface area contributed by atoms with Crippen LogP contribution in [0.5, 0.6) is 0 Å². The van der Waals surface area contributed by atoms with E-state index in [0.717, 1.165) is 32.1 Å². The first-order valence-electron chi connectivity index (χ1n) is 7.11. The van der Waals surface area contributed by atoms with Gasteiger partial charge in [-0.1, -0.05) is 19.9 Å². The fourth-order valence-corrected chi connectivity index (χ4v) is 2.44. The first-order valence-corrected chi connectivity index (χ1v) is 7.11. The van der Waals surface area contributed by atoms with E-state index in [-0.39, 0.29) is 0 Å². The number of rotatable bonds is 6. The van der Waals surface area contributed by atoms with Gasteiger partial charge >= 0.3 is 0 Å². The second kappa shape index (κ2) is 6.87. The molecule has 1 atom stereocenters. The fourth-order valence-electron chi connectivity index (χ4n) is 2.44. The minimum Gasteiger partial charge on any atom is -0.384 e. The SMILES string of the molecule is COCC1CCN(c2ccc(CNC(C)C)cn2)C1. The number of hydrogen-bond donors (Lipinski definition) is 1. The molecular formula is C15H25N3O. The average molecular weight is 263 g/mol. The number of aromatic nitrogens is 1. The van der Waals surface area contributed by atoms with Gasteiger partial charge < -0.3 is 15.0 Å². The van der Waals surface area contributed by atoms with Crippen LogP contribution in [0.1, 0.15) is 25.8 Å². The van der Waals surface area contributed by atoms with Crippen molar-refractivity contribution >= 4 is 5.82 Å². The van der Waals surface area contributed by atoms with Crippen LogP contribution in [0.3, 0.4) is 0 Å². The van der Waals surface area contributed by atoms with Crippen LogP contribution >= 0.6 is 0 Å². The van der Waals surface area contributed by atoms with Gasteiger partial charge in [-0.25, -0.2) is 4.98 Å². The largest absolute Gasteiger partial charge is 0.384 e. The molecule has 1 aromatic rings. The second-order valence-electron chi connectivity index (χ2n) is 5.62. The van der Waals surface area contributed by atoms with Crippen molar-refractivity contribution in [2.24, 2.45) is 5.92 Å². The van der Waals surface area contributed by atoms with Gasteiger partial charge in [0.25, 0.3) is 0 Å². The Morgan fingerprint density at radius 3 is 2.95 bits per heavy atom. The number of ether oxygens (including phenoxy) is 1. The standard InChI is InChI=1S/C15H25N3O/c1-12(2)16-8-13-4-5-15(17-9-13)18-7-6-14(10-18)11-19-3/h4-5,9,12,14,16H,6-8,10-11H2,1-3H3. The maximum atomic E-state index is 5.23. The van der Waals surface area contributed by atoms with E-state index in [0.29, 0.717) is 12.0 Å². The zero-order valence-corrected chi connectivity index (χ0v) is 12.2. The van der Waals surface area contributed by atoms with E-state index in [1.54, 1.807) is 7.11 Å². The molecule has 4 nitrogen and oxygen atoms in total. The Hall–Kier alpha value is -1.13. The van der Waals surface area contributed by atoms with Crippen molar-refractivity contribution in [3.05, 3.63) is 23.9 Å². The molecule has 106 valence electrons. The van der Waals surface area contributed by atoms with Gasteiger partial charge in [-0.2, -0.15) is 0 Å². The lowest BCUT2D eigenvalue weighted by Gasteiger charge is -2.18. The van der Waals surface area contributed by atoms with Gasteiger partial charge in [0.1, 0.15) is 5.82 Å². The lowest BCUT2D eigenvalue weighted by Crippen LogP contribution is -2.23. The number of anilines is 1. The predicted octanol–water partition coefficient (Wildman–Crippen LogP) is 2.05. The van der Waals surface area contributed by atoms with Crippen LogP contribution < -0.4 is 10.2 Å². The van der Waals surface area contributed by atoms with Gasteiger partial charge in [-0.3, -0.25) is 0 Å². The minimum absolute atomic E-state index is 0.507. The third-order valence-electron chi connectivity index (χ3n) is 3.54. The summed E-state index contributed by atoms with van der Waals surface area (Å²) < 4.78 is 5.23. The normalized spacial score (nSPS) is 19.4. The minimum atomic E-state index is 0.507. The number of nitrogens with one attached hydrogen (secondary N) is 1. The molecule has 1 fully saturated rings. The zero-order chi connectivity index (χ0) is 13.7. The summed E-state index contributed by atoms with van der Waals surface area (Å²) in [4.78, 5) is 6.93. The monoisotopic (exact) mass is 263 g/mol. The predicted molar refractivity (Wildman–Crippen MR) is 78.4 cm³/mol. The lowest BCUT2D eigenvalue weighted by molar-refractivity contribution is 0.161. The van der Waals surface area contributed by atoms with Crippen LogP contribution in [0.25, 0.3) is 0 Å². The van der Waals surface area contributed by atoms with Gasteiger partial charge in [-0.05, 0) is 18.1 Å². The van der Waals surface area contributed by atoms with Crippen molar-refractivity contribution in [1.29, 1.82) is 0 Å². The van der Waals surface area contributed by atoms with Crippen molar-refractivity contribution < 1.29 is 4.74 Å². The molecule has 0 amide bonds. The van der Waals surface area contributed by atoms with Gasteiger partial charge in [-0.15, -0.1) is 0 Å². The third kappa shape index (κ3) is 4.18. The van der Waals surface area contributed by atoms with E-state index < -0.39 is 0 Å². The topological polar surface area (TPSA) is 37.4 Å². The Morgan fingerprint density at radius 1 is 1.47 bits per heavy atom. The van der Waals surface area contributed by atoms with Crippen molar-refractivity contribution in [2.45, 2.75) is 32.9 Å². The van der Waals surface area contributed by atoms with Crippen molar-refractivity contribution in [3.63, 3.8) is 0 Å². The molecule has 2 heterocycles. The number of pyridine rings is 1. The first-order chi connectivity index (χ1) is 9.19. The van der Waals surface area contributed by atoms with Gasteiger partial charge in [0.15, 0.2) is 0 Å². The van der Waals surface area contributed by atoms with Crippen LogP contribution in [0.2, 0.25) is 0 Å². The van der Waals surface area contributed by atoms with E-state index in [2.05, 4.69) is 41.2 Å². The van der Waals surface area contributed by atoms with E-state index in [1.807, 2.05) is 6.20 Å². The highest BCUT2D eigenvalue weighted by molar-refractivity contribution is 5.40. The van der Waals surface area contributed by atoms with E-state index in [4.69, 9.17) is 4.74 Å². The molecule has 1 aromatic heterocycles. The molecule has 0 saturated carbocycles. The molecule has 4 heteroatoms. The molecule has 0 aliphatic carbocycles. The number of hydrogen-bond acceptors (Lipinski definition) is 4. The summed E-state index contributed by atoms with van der Waals surface area (Å²) in [6.07, 6.45) is 3.18. The number of methoxy groups -OCH3 is 1. The van der Waals surface area contributed by atoms with Gasteiger partial charge in [0, 0.05) is 44.9 Å². The highest BCUT2D eigenvalue weighted by atomic mass is 16.5. The summed E-state index contributed by atoms with van der Waals surface area (Å²) in [5, 5.41) is 3.40. The molecule has 0 aromatic carbocycles. The lowest BCUT2D eigenvalue weighted by atomic mass is 10.1. The average Bonchev–Trinajstić information content (AvgIpc) is 2.86. The molecule has 1 N–H and O–H groups in total. The quantitative estimate of drug-likeness (QED) is 0.852. The molecule has 19 heavy (non-hydrogen) atoms. The smallest absolute Gasteiger partial charge is 0.128 e. The van der Waals surface area contributed by atoms with Crippen LogP contribution in [0.15, 0.2) is 18.3 Å². The Morgan fingerprint density at radius 2 is 2.32 bits per heavy atom. The molecule has 1 aliphatic heterocycles. The molecule has 0 spiro atoms. The van der Waals surface area contributed by atoms with E-state index in [1.165, 1.54) is 12.0 Å². The molecule has 0 bridgehead atoms. The van der Waals surface area contributed by atoms with Gasteiger partial charge in [0.2, 0.25) is 0 Å². The summed E-state index contributed by atoms with van der Waals surface area (Å²) >= 11 is 0. The molecule has 2 rings (SSSR count). The molecule has 1 unspecified atom stereocenters. The molecular weight excluding hydrogens is 238 g/mol. The van der Waals surface area contributed by atoms with Crippen LogP contribution in [0.4, 0.5) is 5.82 Å². The highest BCUT2D eigenvalue weighted by Crippen LogP contribution is 2.22. The Kier molecular flexibility index (Phi) is 5.16. The Balaban J connectivity index is 1.88. The summed E-state index contributed by atoms with van der Waals surface area (Å²) in [7, 11) is 1.78. The van der Waals surface area contributed by atoms with E-state index in [9.17, 15) is 0 Å². The third-order valence-corrected chi connectivity index (χ3v) is 3.54. The summed E-state index contributed by atoms with van der Waals surface area (Å²) in [5.41, 5.74) is 1.24. The second-order valence-corrected chi connectivity index (χ2v) is 5.62. The Bertz CT molecular complexity index is 377. The molecule has 1 aliphatic rings. The Labute approximate surface area is 116 Å². The fraction of sp³-hybridized carbons (Fsp3) is 0.667. The summed E-state index contributed by atoms with van der Waals surface area (Å²) in [5.74, 6) is 1.74. The molecule has 0 radical (unpaired) electrons. The van der Waals surface area contributed by atoms with Crippen LogP contribution in [-0.4, -0.2) is 37.8 Å². The zero-order valence-electron chi connectivity index (χ0n) is 12.2. The first kappa shape index (κ1) is 14.3. The van der Waals surface area contributed by atoms with Gasteiger partial charge in [0.05, 0.1) is 6.61 Å². The molecule has 1 saturated heterocycles. The number of nitrogens with zero attached hydrogens (tertiary/aromatic N) is 2. The van der Waals surface area contributed by atoms with Crippen molar-refractivity contribution in [1.82, 2.24) is 10.3 Å². The van der Waals surface area contributed by atoms with Crippen molar-refractivity contribution in [3.8, 4) is 0 Å². The van der Waals surface area contributed by atoms with E-state index >= 15 is 0 Å².